The average molecular weight is 567 g/mol. The van der Waals surface area contributed by atoms with Gasteiger partial charge in [-0.15, -0.1) is 37.4 Å². The Balaban J connectivity index is -0.0000000140. The van der Waals surface area contributed by atoms with Crippen molar-refractivity contribution in [1.29, 1.82) is 0 Å². The Kier molecular flexibility index (Phi) is 914. The predicted octanol–water partition coefficient (Wildman–Crippen LogP) is 1.75. The van der Waals surface area contributed by atoms with Crippen molar-refractivity contribution in [1.82, 2.24) is 0 Å². The maximum absolute atomic E-state index is 8.00. The molecule has 0 aromatic heterocycles. The van der Waals surface area contributed by atoms with Crippen LogP contribution in [0.5, 0.6) is 0 Å². The van der Waals surface area contributed by atoms with Gasteiger partial charge in [0.05, 0.1) is 0 Å². The second-order valence-corrected chi connectivity index (χ2v) is 0.522. The van der Waals surface area contributed by atoms with E-state index < -0.39 is 0 Å². The first kappa shape index (κ1) is 59.3. The Morgan fingerprint density at radius 1 is 0.348 bits per heavy atom. The molecule has 0 amide bonds. The zero-order valence-electron chi connectivity index (χ0n) is 9.65. The molecule has 0 saturated heterocycles. The van der Waals surface area contributed by atoms with Crippen LogP contribution >= 0.6 is 0 Å². The molecule has 0 aliphatic heterocycles. The van der Waals surface area contributed by atoms with Crippen LogP contribution in [0.3, 0.4) is 0 Å². The molecule has 0 aromatic carbocycles. The van der Waals surface area contributed by atoms with Gasteiger partial charge < -0.3 is 70.8 Å². The van der Waals surface area contributed by atoms with Crippen molar-refractivity contribution in [2.75, 3.05) is 0 Å². The van der Waals surface area contributed by atoms with Crippen molar-refractivity contribution < 1.29 is 44.1 Å². The summed E-state index contributed by atoms with van der Waals surface area (Å²) < 4.78 is 0. The summed E-state index contributed by atoms with van der Waals surface area (Å²) in [6.07, 6.45) is 0. The van der Waals surface area contributed by atoms with Gasteiger partial charge in [0.15, 0.2) is 0 Å². The molecule has 0 aliphatic carbocycles. The normalized spacial score (nSPS) is 3.65. The standard InChI is InChI=1S/Au.7HNO2.Ti/c;7*2-1-3;/h;7*(H,2,3);/q+3;;;;;;;;+4/p-7. The van der Waals surface area contributed by atoms with Gasteiger partial charge in [-0.3, -0.25) is 0 Å². The van der Waals surface area contributed by atoms with Crippen LogP contribution in [0.25, 0.3) is 0 Å². The molecule has 0 saturated carbocycles. The van der Waals surface area contributed by atoms with E-state index in [-0.39, 0.29) is 44.1 Å². The van der Waals surface area contributed by atoms with E-state index >= 15 is 0 Å². The van der Waals surface area contributed by atoms with Gasteiger partial charge in [0.1, 0.15) is 0 Å². The SMILES string of the molecule is O=N[O-].O=N[O-].O=N[O-].O=N[O-].O=N[O-].O=N[O-].O=N[O-].[Au+3].[Ti+4]. The molecule has 0 aromatic rings. The summed E-state index contributed by atoms with van der Waals surface area (Å²) in [6, 6.07) is 0. The molecule has 0 fully saturated rings. The van der Waals surface area contributed by atoms with Crippen LogP contribution in [-0.4, -0.2) is 0 Å². The Labute approximate surface area is 152 Å². The largest absolute Gasteiger partial charge is 4.00 e. The smallest absolute Gasteiger partial charge is 0.444 e. The quantitative estimate of drug-likeness (QED) is 0.229. The van der Waals surface area contributed by atoms with Crippen LogP contribution in [0.1, 0.15) is 0 Å². The Bertz CT molecular complexity index is 143. The fourth-order valence-corrected chi connectivity index (χ4v) is 0. The Morgan fingerprint density at radius 3 is 0.348 bits per heavy atom. The molecule has 0 unspecified atom stereocenters. The van der Waals surface area contributed by atoms with E-state index in [0.717, 1.165) is 37.4 Å². The van der Waals surface area contributed by atoms with Gasteiger partial charge >= 0.3 is 44.1 Å². The second-order valence-electron chi connectivity index (χ2n) is 0.522. The second kappa shape index (κ2) is 354. The minimum atomic E-state index is 0. The van der Waals surface area contributed by atoms with Crippen molar-refractivity contribution in [2.45, 2.75) is 0 Å². The molecule has 0 N–H and O–H groups in total. The molecule has 0 aliphatic rings. The molecular formula is AuN7O14Ti. The molecule has 0 radical (unpaired) electrons. The van der Waals surface area contributed by atoms with Crippen LogP contribution in [-0.2, 0) is 44.1 Å². The van der Waals surface area contributed by atoms with Gasteiger partial charge in [-0.05, 0) is 0 Å². The summed E-state index contributed by atoms with van der Waals surface area (Å²) in [5.74, 6) is 0. The average Bonchev–Trinajstić information content (AvgIpc) is 2.35. The van der Waals surface area contributed by atoms with Crippen molar-refractivity contribution in [3.63, 3.8) is 0 Å². The summed E-state index contributed by atoms with van der Waals surface area (Å²) in [7, 11) is 0. The van der Waals surface area contributed by atoms with E-state index in [1.807, 2.05) is 0 Å². The Hall–Kier alpha value is -2.75. The summed E-state index contributed by atoms with van der Waals surface area (Å²) >= 11 is 0. The van der Waals surface area contributed by atoms with E-state index in [1.54, 1.807) is 0 Å². The fourth-order valence-electron chi connectivity index (χ4n) is 0. The first-order chi connectivity index (χ1) is 9.90. The fraction of sp³-hybridized carbons (Fsp3) is 0. The molecular weight excluding hydrogens is 567 g/mol. The third-order valence-electron chi connectivity index (χ3n) is 0. The Morgan fingerprint density at radius 2 is 0.348 bits per heavy atom. The summed E-state index contributed by atoms with van der Waals surface area (Å²) in [6.45, 7) is 0. The molecule has 0 heterocycles. The molecule has 134 valence electrons. The van der Waals surface area contributed by atoms with Crippen molar-refractivity contribution in [3.8, 4) is 0 Å². The molecule has 0 atom stereocenters. The minimum Gasteiger partial charge on any atom is -0.444 e. The molecule has 0 bridgehead atoms. The zero-order chi connectivity index (χ0) is 18.9. The van der Waals surface area contributed by atoms with Gasteiger partial charge in [0.2, 0.25) is 0 Å². The third kappa shape index (κ3) is 761. The first-order valence-electron chi connectivity index (χ1n) is 2.56. The number of rotatable bonds is 0. The van der Waals surface area contributed by atoms with Crippen LogP contribution in [0.4, 0.5) is 0 Å². The number of hydrogen-bond acceptors (Lipinski definition) is 21. The molecule has 23 heteroatoms. The maximum atomic E-state index is 8.00. The van der Waals surface area contributed by atoms with E-state index in [2.05, 4.69) is 0 Å². The van der Waals surface area contributed by atoms with Crippen LogP contribution < -0.4 is 0 Å². The molecule has 0 spiro atoms. The van der Waals surface area contributed by atoms with E-state index in [0.29, 0.717) is 0 Å². The maximum Gasteiger partial charge on any atom is 4.00 e. The van der Waals surface area contributed by atoms with Crippen molar-refractivity contribution in [3.05, 3.63) is 70.8 Å². The zero-order valence-corrected chi connectivity index (χ0v) is 13.4. The number of hydrogen-bond donors (Lipinski definition) is 0. The minimum absolute atomic E-state index is 0. The van der Waals surface area contributed by atoms with E-state index in [1.165, 1.54) is 0 Å². The van der Waals surface area contributed by atoms with Crippen LogP contribution in [0.2, 0.25) is 0 Å². The van der Waals surface area contributed by atoms with Gasteiger partial charge in [-0.2, -0.15) is 0 Å². The van der Waals surface area contributed by atoms with E-state index in [9.17, 15) is 0 Å². The van der Waals surface area contributed by atoms with Crippen LogP contribution in [0.15, 0.2) is 37.4 Å². The van der Waals surface area contributed by atoms with Gasteiger partial charge in [-0.1, -0.05) is 0 Å². The third-order valence-corrected chi connectivity index (χ3v) is 0. The molecule has 21 nitrogen and oxygen atoms in total. The molecule has 0 rings (SSSR count). The predicted molar refractivity (Wildman–Crippen MR) is 64.1 cm³/mol. The van der Waals surface area contributed by atoms with Crippen molar-refractivity contribution >= 4 is 0 Å². The van der Waals surface area contributed by atoms with Gasteiger partial charge in [-0.25, -0.2) is 0 Å². The topological polar surface area (TPSA) is 367 Å². The number of nitrogens with zero attached hydrogens (tertiary/aromatic N) is 7. The monoisotopic (exact) mass is 567 g/mol. The molecule has 23 heavy (non-hydrogen) atoms. The first-order valence-corrected chi connectivity index (χ1v) is 2.56. The van der Waals surface area contributed by atoms with Gasteiger partial charge in [0, 0.05) is 0 Å². The summed E-state index contributed by atoms with van der Waals surface area (Å²) in [4.78, 5) is 56.0. The van der Waals surface area contributed by atoms with E-state index in [4.69, 9.17) is 70.8 Å². The summed E-state index contributed by atoms with van der Waals surface area (Å²) in [5, 5.41) is 63.0. The van der Waals surface area contributed by atoms with Crippen molar-refractivity contribution in [2.24, 2.45) is 37.4 Å². The summed E-state index contributed by atoms with van der Waals surface area (Å²) in [5.41, 5.74) is 0. The van der Waals surface area contributed by atoms with Gasteiger partial charge in [0.25, 0.3) is 0 Å². The van der Waals surface area contributed by atoms with Crippen LogP contribution in [0, 0.1) is 70.8 Å².